The van der Waals surface area contributed by atoms with Crippen molar-refractivity contribution in [1.29, 1.82) is 0 Å². The number of rotatable bonds is 4. The molecule has 5 nitrogen and oxygen atoms in total. The van der Waals surface area contributed by atoms with Crippen LogP contribution in [0, 0.1) is 5.92 Å². The zero-order chi connectivity index (χ0) is 17.9. The van der Waals surface area contributed by atoms with E-state index in [9.17, 15) is 13.2 Å². The van der Waals surface area contributed by atoms with Gasteiger partial charge in [0.2, 0.25) is 0 Å². The Kier molecular flexibility index (Phi) is 5.41. The number of halogens is 4. The molecule has 0 spiro atoms. The molecule has 0 amide bonds. The van der Waals surface area contributed by atoms with Crippen molar-refractivity contribution in [3.05, 3.63) is 40.8 Å². The normalized spacial score (nSPS) is 16.1. The Hall–Kier alpha value is -1.90. The van der Waals surface area contributed by atoms with Crippen LogP contribution in [0.25, 0.3) is 0 Å². The van der Waals surface area contributed by atoms with Gasteiger partial charge in [0.25, 0.3) is 0 Å². The number of alkyl halides is 3. The second kappa shape index (κ2) is 7.55. The number of piperidine rings is 1. The third kappa shape index (κ3) is 4.59. The van der Waals surface area contributed by atoms with E-state index in [1.54, 1.807) is 17.3 Å². The molecule has 0 unspecified atom stereocenters. The highest BCUT2D eigenvalue weighted by Crippen LogP contribution is 2.36. The lowest BCUT2D eigenvalue weighted by Crippen LogP contribution is -2.37. The van der Waals surface area contributed by atoms with Crippen molar-refractivity contribution in [2.75, 3.05) is 24.6 Å². The van der Waals surface area contributed by atoms with Gasteiger partial charge in [-0.25, -0.2) is 15.0 Å². The fourth-order valence-corrected chi connectivity index (χ4v) is 2.95. The van der Waals surface area contributed by atoms with Gasteiger partial charge in [-0.05, 0) is 46.8 Å². The highest BCUT2D eigenvalue weighted by molar-refractivity contribution is 9.10. The topological polar surface area (TPSA) is 51.1 Å². The Morgan fingerprint density at radius 1 is 1.16 bits per heavy atom. The van der Waals surface area contributed by atoms with Crippen molar-refractivity contribution >= 4 is 21.7 Å². The largest absolute Gasteiger partial charge is 0.463 e. The number of aromatic nitrogens is 3. The summed E-state index contributed by atoms with van der Waals surface area (Å²) in [7, 11) is 0. The molecule has 1 aliphatic rings. The van der Waals surface area contributed by atoms with Gasteiger partial charge in [0.15, 0.2) is 0 Å². The van der Waals surface area contributed by atoms with Gasteiger partial charge in [-0.2, -0.15) is 13.2 Å². The van der Waals surface area contributed by atoms with E-state index in [1.165, 1.54) is 12.3 Å². The first-order chi connectivity index (χ1) is 11.9. The molecule has 3 rings (SSSR count). The minimum absolute atomic E-state index is 0.00520. The summed E-state index contributed by atoms with van der Waals surface area (Å²) >= 11 is 3.25. The molecule has 0 aliphatic carbocycles. The molecule has 0 bridgehead atoms. The van der Waals surface area contributed by atoms with E-state index in [-0.39, 0.29) is 11.7 Å². The van der Waals surface area contributed by atoms with Gasteiger partial charge in [0, 0.05) is 31.7 Å². The molecule has 0 saturated carbocycles. The highest BCUT2D eigenvalue weighted by atomic mass is 79.9. The molecular formula is C16H16BrF3N4O. The highest BCUT2D eigenvalue weighted by Gasteiger charge is 2.36. The van der Waals surface area contributed by atoms with Crippen LogP contribution in [0.15, 0.2) is 35.2 Å². The van der Waals surface area contributed by atoms with Gasteiger partial charge < -0.3 is 9.64 Å². The third-order valence-electron chi connectivity index (χ3n) is 4.05. The number of nitrogens with zero attached hydrogens (tertiary/aromatic N) is 4. The Labute approximate surface area is 151 Å². The third-order valence-corrected chi connectivity index (χ3v) is 4.46. The van der Waals surface area contributed by atoms with Crippen molar-refractivity contribution in [3.8, 4) is 6.01 Å². The predicted molar refractivity (Wildman–Crippen MR) is 89.4 cm³/mol. The van der Waals surface area contributed by atoms with E-state index >= 15 is 0 Å². The fourth-order valence-electron chi connectivity index (χ4n) is 2.75. The van der Waals surface area contributed by atoms with Crippen LogP contribution in [0.3, 0.4) is 0 Å². The minimum atomic E-state index is -4.40. The van der Waals surface area contributed by atoms with Gasteiger partial charge in [-0.1, -0.05) is 0 Å². The lowest BCUT2D eigenvalue weighted by Gasteiger charge is -2.33. The van der Waals surface area contributed by atoms with E-state index in [1.807, 2.05) is 0 Å². The summed E-state index contributed by atoms with van der Waals surface area (Å²) in [6.45, 7) is 1.47. The van der Waals surface area contributed by atoms with Gasteiger partial charge in [0.1, 0.15) is 5.82 Å². The van der Waals surface area contributed by atoms with E-state index in [2.05, 4.69) is 30.9 Å². The van der Waals surface area contributed by atoms with Gasteiger partial charge in [-0.15, -0.1) is 0 Å². The number of ether oxygens (including phenoxy) is 1. The first kappa shape index (κ1) is 17.9. The summed E-state index contributed by atoms with van der Waals surface area (Å²) in [5.41, 5.74) is -0.687. The smallest absolute Gasteiger partial charge is 0.419 e. The van der Waals surface area contributed by atoms with E-state index < -0.39 is 11.7 Å². The molecule has 25 heavy (non-hydrogen) atoms. The van der Waals surface area contributed by atoms with Crippen LogP contribution in [0.5, 0.6) is 6.01 Å². The molecule has 0 aromatic carbocycles. The second-order valence-electron chi connectivity index (χ2n) is 5.80. The summed E-state index contributed by atoms with van der Waals surface area (Å²) in [6.07, 6.45) is 1.65. The SMILES string of the molecule is FC(F)(F)c1cccnc1N1CCC(COc2ncc(Br)cn2)CC1. The van der Waals surface area contributed by atoms with E-state index in [0.29, 0.717) is 25.7 Å². The van der Waals surface area contributed by atoms with Gasteiger partial charge in [-0.3, -0.25) is 0 Å². The summed E-state index contributed by atoms with van der Waals surface area (Å²) in [6, 6.07) is 2.68. The van der Waals surface area contributed by atoms with Crippen molar-refractivity contribution < 1.29 is 17.9 Å². The maximum atomic E-state index is 13.1. The molecule has 1 fully saturated rings. The van der Waals surface area contributed by atoms with Crippen LogP contribution in [0.2, 0.25) is 0 Å². The first-order valence-electron chi connectivity index (χ1n) is 7.81. The number of pyridine rings is 1. The Morgan fingerprint density at radius 3 is 2.48 bits per heavy atom. The molecule has 0 atom stereocenters. The molecule has 2 aromatic rings. The lowest BCUT2D eigenvalue weighted by molar-refractivity contribution is -0.137. The van der Waals surface area contributed by atoms with Crippen molar-refractivity contribution in [1.82, 2.24) is 15.0 Å². The average Bonchev–Trinajstić information content (AvgIpc) is 2.61. The Bertz CT molecular complexity index is 703. The van der Waals surface area contributed by atoms with Gasteiger partial charge in [0.05, 0.1) is 16.6 Å². The number of hydrogen-bond acceptors (Lipinski definition) is 5. The van der Waals surface area contributed by atoms with Gasteiger partial charge >= 0.3 is 12.2 Å². The van der Waals surface area contributed by atoms with E-state index in [0.717, 1.165) is 23.4 Å². The average molecular weight is 417 g/mol. The quantitative estimate of drug-likeness (QED) is 0.754. The molecule has 0 N–H and O–H groups in total. The number of anilines is 1. The van der Waals surface area contributed by atoms with Crippen LogP contribution in [0.4, 0.5) is 19.0 Å². The molecule has 0 radical (unpaired) electrons. The molecule has 3 heterocycles. The molecule has 134 valence electrons. The number of hydrogen-bond donors (Lipinski definition) is 0. The molecular weight excluding hydrogens is 401 g/mol. The van der Waals surface area contributed by atoms with Crippen molar-refractivity contribution in [2.45, 2.75) is 19.0 Å². The molecule has 2 aromatic heterocycles. The van der Waals surface area contributed by atoms with Crippen LogP contribution in [-0.4, -0.2) is 34.6 Å². The van der Waals surface area contributed by atoms with Crippen molar-refractivity contribution in [3.63, 3.8) is 0 Å². The van der Waals surface area contributed by atoms with Crippen LogP contribution in [0.1, 0.15) is 18.4 Å². The monoisotopic (exact) mass is 416 g/mol. The van der Waals surface area contributed by atoms with Crippen LogP contribution >= 0.6 is 15.9 Å². The fraction of sp³-hybridized carbons (Fsp3) is 0.438. The summed E-state index contributed by atoms with van der Waals surface area (Å²) < 4.78 is 45.7. The first-order valence-corrected chi connectivity index (χ1v) is 8.60. The second-order valence-corrected chi connectivity index (χ2v) is 6.71. The maximum absolute atomic E-state index is 13.1. The lowest BCUT2D eigenvalue weighted by atomic mass is 9.97. The molecule has 1 aliphatic heterocycles. The Balaban J connectivity index is 1.56. The van der Waals surface area contributed by atoms with E-state index in [4.69, 9.17) is 4.74 Å². The Morgan fingerprint density at radius 2 is 1.84 bits per heavy atom. The molecule has 1 saturated heterocycles. The maximum Gasteiger partial charge on any atom is 0.419 e. The minimum Gasteiger partial charge on any atom is -0.463 e. The standard InChI is InChI=1S/C16H16BrF3N4O/c17-12-8-22-15(23-9-12)25-10-11-3-6-24(7-4-11)14-13(16(18,19)20)2-1-5-21-14/h1-2,5,8-9,11H,3-4,6-7,10H2. The molecule has 9 heteroatoms. The zero-order valence-electron chi connectivity index (χ0n) is 13.2. The summed E-state index contributed by atoms with van der Waals surface area (Å²) in [5.74, 6) is 0.257. The summed E-state index contributed by atoms with van der Waals surface area (Å²) in [5, 5.41) is 0. The van der Waals surface area contributed by atoms with Crippen LogP contribution in [-0.2, 0) is 6.18 Å². The zero-order valence-corrected chi connectivity index (χ0v) is 14.8. The summed E-state index contributed by atoms with van der Waals surface area (Å²) in [4.78, 5) is 13.7. The predicted octanol–water partition coefficient (Wildman–Crippen LogP) is 3.95. The van der Waals surface area contributed by atoms with Crippen LogP contribution < -0.4 is 9.64 Å². The van der Waals surface area contributed by atoms with Crippen molar-refractivity contribution in [2.24, 2.45) is 5.92 Å².